The third kappa shape index (κ3) is 3.12. The summed E-state index contributed by atoms with van der Waals surface area (Å²) in [5.74, 6) is 0.459. The summed E-state index contributed by atoms with van der Waals surface area (Å²) < 4.78 is 14.8. The van der Waals surface area contributed by atoms with E-state index in [-0.39, 0.29) is 5.82 Å². The molecule has 0 unspecified atom stereocenters. The van der Waals surface area contributed by atoms with Gasteiger partial charge in [-0.15, -0.1) is 0 Å². The van der Waals surface area contributed by atoms with E-state index in [2.05, 4.69) is 48.8 Å². The standard InChI is InChI=1S/C13H12Br2FN3/c1-2-3-10-11(15)12(17)19-13(18-10)8-6-7(16)4-5-9(8)14/h4-6H,2-3H2,1H3,(H2,17,18,19). The first kappa shape index (κ1) is 14.4. The minimum atomic E-state index is -0.333. The van der Waals surface area contributed by atoms with Crippen LogP contribution in [0, 0.1) is 5.82 Å². The number of nitrogens with zero attached hydrogens (tertiary/aromatic N) is 2. The Balaban J connectivity index is 2.59. The number of hydrogen-bond acceptors (Lipinski definition) is 3. The van der Waals surface area contributed by atoms with Crippen LogP contribution < -0.4 is 5.73 Å². The molecule has 0 bridgehead atoms. The molecule has 0 aliphatic rings. The van der Waals surface area contributed by atoms with Gasteiger partial charge in [-0.3, -0.25) is 0 Å². The topological polar surface area (TPSA) is 51.8 Å². The lowest BCUT2D eigenvalue weighted by Gasteiger charge is -2.09. The fourth-order valence-corrected chi connectivity index (χ4v) is 2.50. The third-order valence-corrected chi connectivity index (χ3v) is 4.16. The summed E-state index contributed by atoms with van der Waals surface area (Å²) in [6.45, 7) is 2.06. The molecule has 0 saturated carbocycles. The first-order chi connectivity index (χ1) is 9.02. The highest BCUT2D eigenvalue weighted by molar-refractivity contribution is 9.11. The van der Waals surface area contributed by atoms with E-state index in [1.54, 1.807) is 6.07 Å². The predicted molar refractivity (Wildman–Crippen MR) is 81.2 cm³/mol. The largest absolute Gasteiger partial charge is 0.383 e. The predicted octanol–water partition coefficient (Wildman–Crippen LogP) is 4.34. The van der Waals surface area contributed by atoms with E-state index in [1.165, 1.54) is 12.1 Å². The molecule has 6 heteroatoms. The lowest BCUT2D eigenvalue weighted by atomic mass is 10.2. The van der Waals surface area contributed by atoms with Crippen LogP contribution in [0.3, 0.4) is 0 Å². The van der Waals surface area contributed by atoms with Crippen LogP contribution >= 0.6 is 31.9 Å². The van der Waals surface area contributed by atoms with Crippen LogP contribution in [0.5, 0.6) is 0 Å². The maximum absolute atomic E-state index is 13.3. The Morgan fingerprint density at radius 3 is 2.68 bits per heavy atom. The minimum Gasteiger partial charge on any atom is -0.383 e. The summed E-state index contributed by atoms with van der Waals surface area (Å²) in [5, 5.41) is 0. The Morgan fingerprint density at radius 1 is 1.26 bits per heavy atom. The Kier molecular flexibility index (Phi) is 4.52. The molecule has 0 saturated heterocycles. The quantitative estimate of drug-likeness (QED) is 0.850. The molecule has 0 atom stereocenters. The van der Waals surface area contributed by atoms with Crippen molar-refractivity contribution >= 4 is 37.7 Å². The SMILES string of the molecule is CCCc1nc(-c2cc(F)ccc2Br)nc(N)c1Br. The maximum Gasteiger partial charge on any atom is 0.163 e. The summed E-state index contributed by atoms with van der Waals surface area (Å²) in [6.07, 6.45) is 1.73. The Morgan fingerprint density at radius 2 is 2.00 bits per heavy atom. The summed E-state index contributed by atoms with van der Waals surface area (Å²) in [6, 6.07) is 4.40. The number of halogens is 3. The van der Waals surface area contributed by atoms with E-state index in [1.807, 2.05) is 0 Å². The molecule has 1 aromatic carbocycles. The van der Waals surface area contributed by atoms with Crippen molar-refractivity contribution < 1.29 is 4.39 Å². The van der Waals surface area contributed by atoms with Gasteiger partial charge in [-0.25, -0.2) is 14.4 Å². The van der Waals surface area contributed by atoms with Crippen LogP contribution in [-0.2, 0) is 6.42 Å². The van der Waals surface area contributed by atoms with Gasteiger partial charge in [0.2, 0.25) is 0 Å². The number of nitrogen functional groups attached to an aromatic ring is 1. The normalized spacial score (nSPS) is 10.7. The molecule has 2 rings (SSSR count). The van der Waals surface area contributed by atoms with E-state index in [4.69, 9.17) is 5.73 Å². The van der Waals surface area contributed by atoms with Crippen molar-refractivity contribution in [2.24, 2.45) is 0 Å². The third-order valence-electron chi connectivity index (χ3n) is 2.60. The van der Waals surface area contributed by atoms with E-state index >= 15 is 0 Å². The van der Waals surface area contributed by atoms with Crippen LogP contribution in [0.4, 0.5) is 10.2 Å². The monoisotopic (exact) mass is 387 g/mol. The van der Waals surface area contributed by atoms with Gasteiger partial charge in [0.15, 0.2) is 5.82 Å². The highest BCUT2D eigenvalue weighted by Gasteiger charge is 2.13. The van der Waals surface area contributed by atoms with Crippen LogP contribution in [0.1, 0.15) is 19.0 Å². The molecular formula is C13H12Br2FN3. The first-order valence-corrected chi connectivity index (χ1v) is 7.38. The van der Waals surface area contributed by atoms with Gasteiger partial charge < -0.3 is 5.73 Å². The zero-order chi connectivity index (χ0) is 14.0. The van der Waals surface area contributed by atoms with Gasteiger partial charge in [0.25, 0.3) is 0 Å². The fourth-order valence-electron chi connectivity index (χ4n) is 1.70. The van der Waals surface area contributed by atoms with Gasteiger partial charge in [0.1, 0.15) is 11.6 Å². The number of anilines is 1. The van der Waals surface area contributed by atoms with E-state index < -0.39 is 0 Å². The molecule has 100 valence electrons. The van der Waals surface area contributed by atoms with Crippen molar-refractivity contribution in [3.05, 3.63) is 38.7 Å². The molecule has 0 spiro atoms. The number of aromatic nitrogens is 2. The lowest BCUT2D eigenvalue weighted by Crippen LogP contribution is -2.03. The van der Waals surface area contributed by atoms with Crippen molar-refractivity contribution in [3.63, 3.8) is 0 Å². The van der Waals surface area contributed by atoms with Gasteiger partial charge in [0.05, 0.1) is 10.2 Å². The number of rotatable bonds is 3. The van der Waals surface area contributed by atoms with Gasteiger partial charge in [-0.2, -0.15) is 0 Å². The molecule has 3 nitrogen and oxygen atoms in total. The average Bonchev–Trinajstić information content (AvgIpc) is 2.38. The van der Waals surface area contributed by atoms with Gasteiger partial charge in [-0.05, 0) is 40.5 Å². The maximum atomic E-state index is 13.3. The van der Waals surface area contributed by atoms with Gasteiger partial charge in [-0.1, -0.05) is 29.3 Å². The summed E-state index contributed by atoms with van der Waals surface area (Å²) in [7, 11) is 0. The number of benzene rings is 1. The fraction of sp³-hybridized carbons (Fsp3) is 0.231. The molecule has 1 aromatic heterocycles. The zero-order valence-electron chi connectivity index (χ0n) is 10.3. The Bertz CT molecular complexity index is 617. The molecular weight excluding hydrogens is 377 g/mol. The number of hydrogen-bond donors (Lipinski definition) is 1. The minimum absolute atomic E-state index is 0.333. The van der Waals surface area contributed by atoms with E-state index in [0.29, 0.717) is 21.7 Å². The van der Waals surface area contributed by atoms with E-state index in [9.17, 15) is 4.39 Å². The zero-order valence-corrected chi connectivity index (χ0v) is 13.4. The van der Waals surface area contributed by atoms with E-state index in [0.717, 1.165) is 23.0 Å². The van der Waals surface area contributed by atoms with Crippen molar-refractivity contribution in [2.75, 3.05) is 5.73 Å². The summed E-state index contributed by atoms with van der Waals surface area (Å²) in [5.41, 5.74) is 7.30. The van der Waals surface area contributed by atoms with Crippen molar-refractivity contribution in [1.29, 1.82) is 0 Å². The molecule has 0 aliphatic heterocycles. The molecule has 19 heavy (non-hydrogen) atoms. The number of aryl methyl sites for hydroxylation is 1. The summed E-state index contributed by atoms with van der Waals surface area (Å²) >= 11 is 6.76. The van der Waals surface area contributed by atoms with Crippen molar-refractivity contribution in [2.45, 2.75) is 19.8 Å². The summed E-state index contributed by atoms with van der Waals surface area (Å²) in [4.78, 5) is 8.67. The molecule has 2 N–H and O–H groups in total. The molecule has 0 amide bonds. The molecule has 0 fully saturated rings. The molecule has 0 aliphatic carbocycles. The highest BCUT2D eigenvalue weighted by Crippen LogP contribution is 2.30. The second kappa shape index (κ2) is 5.96. The van der Waals surface area contributed by atoms with Crippen LogP contribution in [-0.4, -0.2) is 9.97 Å². The lowest BCUT2D eigenvalue weighted by molar-refractivity contribution is 0.628. The smallest absolute Gasteiger partial charge is 0.163 e. The second-order valence-corrected chi connectivity index (χ2v) is 5.71. The van der Waals surface area contributed by atoms with Crippen LogP contribution in [0.25, 0.3) is 11.4 Å². The highest BCUT2D eigenvalue weighted by atomic mass is 79.9. The Hall–Kier alpha value is -1.01. The van der Waals surface area contributed by atoms with Gasteiger partial charge >= 0.3 is 0 Å². The van der Waals surface area contributed by atoms with Crippen LogP contribution in [0.2, 0.25) is 0 Å². The Labute approximate surface area is 127 Å². The van der Waals surface area contributed by atoms with Gasteiger partial charge in [0, 0.05) is 10.0 Å². The average molecular weight is 389 g/mol. The molecule has 2 aromatic rings. The molecule has 0 radical (unpaired) electrons. The van der Waals surface area contributed by atoms with Crippen molar-refractivity contribution in [1.82, 2.24) is 9.97 Å². The second-order valence-electron chi connectivity index (χ2n) is 4.07. The van der Waals surface area contributed by atoms with Crippen molar-refractivity contribution in [3.8, 4) is 11.4 Å². The molecule has 1 heterocycles. The first-order valence-electron chi connectivity index (χ1n) is 5.80. The van der Waals surface area contributed by atoms with Crippen LogP contribution in [0.15, 0.2) is 27.1 Å². The number of nitrogens with two attached hydrogens (primary N) is 1.